The van der Waals surface area contributed by atoms with E-state index in [9.17, 15) is 4.79 Å². The van der Waals surface area contributed by atoms with E-state index in [1.54, 1.807) is 19.3 Å². The molecule has 0 bridgehead atoms. The van der Waals surface area contributed by atoms with E-state index in [-0.39, 0.29) is 5.91 Å². The van der Waals surface area contributed by atoms with Crippen molar-refractivity contribution in [2.24, 2.45) is 0 Å². The van der Waals surface area contributed by atoms with Crippen molar-refractivity contribution in [2.75, 3.05) is 0 Å². The molecule has 1 unspecified atom stereocenters. The van der Waals surface area contributed by atoms with Crippen molar-refractivity contribution in [3.8, 4) is 5.75 Å². The van der Waals surface area contributed by atoms with E-state index in [2.05, 4.69) is 21.2 Å². The van der Waals surface area contributed by atoms with Crippen LogP contribution in [-0.4, -0.2) is 12.0 Å². The molecule has 1 atom stereocenters. The molecule has 4 nitrogen and oxygen atoms in total. The van der Waals surface area contributed by atoms with Gasteiger partial charge in [0.05, 0.1) is 12.8 Å². The number of halogens is 1. The Morgan fingerprint density at radius 3 is 2.95 bits per heavy atom. The number of nitrogens with one attached hydrogen (secondary N) is 1. The highest BCUT2D eigenvalue weighted by atomic mass is 79.9. The predicted molar refractivity (Wildman–Crippen MR) is 79.5 cm³/mol. The Balaban J connectivity index is 1.92. The van der Waals surface area contributed by atoms with Gasteiger partial charge in [-0.2, -0.15) is 0 Å². The highest BCUT2D eigenvalue weighted by Gasteiger charge is 2.15. The molecule has 0 aliphatic heterocycles. The molecule has 2 aromatic rings. The molecule has 5 heteroatoms. The molecule has 0 aliphatic rings. The number of benzene rings is 1. The number of hydrogen-bond acceptors (Lipinski definition) is 3. The van der Waals surface area contributed by atoms with Crippen LogP contribution >= 0.6 is 15.9 Å². The zero-order chi connectivity index (χ0) is 14.5. The Morgan fingerprint density at radius 1 is 1.45 bits per heavy atom. The molecular formula is C15H16BrNO3. The van der Waals surface area contributed by atoms with Crippen molar-refractivity contribution in [1.82, 2.24) is 5.32 Å². The van der Waals surface area contributed by atoms with Gasteiger partial charge in [-0.1, -0.05) is 22.0 Å². The minimum Gasteiger partial charge on any atom is -0.481 e. The van der Waals surface area contributed by atoms with Crippen LogP contribution < -0.4 is 10.1 Å². The Kier molecular flexibility index (Phi) is 4.84. The molecule has 106 valence electrons. The van der Waals surface area contributed by atoms with Crippen molar-refractivity contribution in [1.29, 1.82) is 0 Å². The van der Waals surface area contributed by atoms with Crippen molar-refractivity contribution in [3.63, 3.8) is 0 Å². The highest BCUT2D eigenvalue weighted by Crippen LogP contribution is 2.23. The summed E-state index contributed by atoms with van der Waals surface area (Å²) < 4.78 is 11.8. The topological polar surface area (TPSA) is 51.5 Å². The van der Waals surface area contributed by atoms with Crippen molar-refractivity contribution in [3.05, 3.63) is 52.4 Å². The summed E-state index contributed by atoms with van der Waals surface area (Å²) in [7, 11) is 0. The molecule has 0 spiro atoms. The van der Waals surface area contributed by atoms with E-state index >= 15 is 0 Å². The molecule has 1 N–H and O–H groups in total. The van der Waals surface area contributed by atoms with Gasteiger partial charge in [0.1, 0.15) is 11.5 Å². The predicted octanol–water partition coefficient (Wildman–Crippen LogP) is 3.43. The molecule has 1 aromatic heterocycles. The third-order valence-corrected chi connectivity index (χ3v) is 3.33. The standard InChI is InChI=1S/C15H16BrNO3/c1-10-5-6-12(16)8-14(10)20-11(2)15(18)17-9-13-4-3-7-19-13/h3-8,11H,9H2,1-2H3,(H,17,18). The van der Waals surface area contributed by atoms with E-state index in [1.807, 2.05) is 31.2 Å². The normalized spacial score (nSPS) is 11.9. The Labute approximate surface area is 126 Å². The first-order valence-electron chi connectivity index (χ1n) is 6.29. The molecule has 1 aromatic carbocycles. The van der Waals surface area contributed by atoms with Crippen LogP contribution in [0.4, 0.5) is 0 Å². The second-order valence-electron chi connectivity index (χ2n) is 4.47. The van der Waals surface area contributed by atoms with Gasteiger partial charge in [-0.05, 0) is 43.7 Å². The highest BCUT2D eigenvalue weighted by molar-refractivity contribution is 9.10. The van der Waals surface area contributed by atoms with Gasteiger partial charge in [-0.25, -0.2) is 0 Å². The van der Waals surface area contributed by atoms with Crippen molar-refractivity contribution in [2.45, 2.75) is 26.5 Å². The lowest BCUT2D eigenvalue weighted by atomic mass is 10.2. The van der Waals surface area contributed by atoms with Crippen LogP contribution in [-0.2, 0) is 11.3 Å². The molecule has 1 heterocycles. The fourth-order valence-corrected chi connectivity index (χ4v) is 2.02. The zero-order valence-electron chi connectivity index (χ0n) is 11.4. The fraction of sp³-hybridized carbons (Fsp3) is 0.267. The van der Waals surface area contributed by atoms with Gasteiger partial charge in [0.25, 0.3) is 5.91 Å². The van der Waals surface area contributed by atoms with Gasteiger partial charge >= 0.3 is 0 Å². The van der Waals surface area contributed by atoms with Gasteiger partial charge in [0.15, 0.2) is 6.10 Å². The monoisotopic (exact) mass is 337 g/mol. The number of carbonyl (C=O) groups excluding carboxylic acids is 1. The number of aryl methyl sites for hydroxylation is 1. The molecule has 0 saturated heterocycles. The maximum Gasteiger partial charge on any atom is 0.261 e. The van der Waals surface area contributed by atoms with Crippen LogP contribution in [0.1, 0.15) is 18.2 Å². The molecule has 1 amide bonds. The molecule has 20 heavy (non-hydrogen) atoms. The van der Waals surface area contributed by atoms with Gasteiger partial charge in [-0.3, -0.25) is 4.79 Å². The minimum absolute atomic E-state index is 0.180. The van der Waals surface area contributed by atoms with Crippen LogP contribution in [0.25, 0.3) is 0 Å². The van der Waals surface area contributed by atoms with Gasteiger partial charge in [0.2, 0.25) is 0 Å². The minimum atomic E-state index is -0.571. The molecule has 0 radical (unpaired) electrons. The Morgan fingerprint density at radius 2 is 2.25 bits per heavy atom. The Bertz CT molecular complexity index is 581. The van der Waals surface area contributed by atoms with Crippen LogP contribution in [0.15, 0.2) is 45.5 Å². The van der Waals surface area contributed by atoms with E-state index in [1.165, 1.54) is 0 Å². The SMILES string of the molecule is Cc1ccc(Br)cc1OC(C)C(=O)NCc1ccco1. The van der Waals surface area contributed by atoms with E-state index in [0.717, 1.165) is 10.0 Å². The number of furan rings is 1. The summed E-state index contributed by atoms with van der Waals surface area (Å²) in [4.78, 5) is 11.9. The molecule has 0 aliphatic carbocycles. The maximum absolute atomic E-state index is 11.9. The van der Waals surface area contributed by atoms with E-state index in [0.29, 0.717) is 18.1 Å². The maximum atomic E-state index is 11.9. The third kappa shape index (κ3) is 3.87. The fourth-order valence-electron chi connectivity index (χ4n) is 1.68. The third-order valence-electron chi connectivity index (χ3n) is 2.84. The largest absolute Gasteiger partial charge is 0.481 e. The first-order valence-corrected chi connectivity index (χ1v) is 7.08. The lowest BCUT2D eigenvalue weighted by Gasteiger charge is -2.16. The lowest BCUT2D eigenvalue weighted by molar-refractivity contribution is -0.127. The number of carbonyl (C=O) groups is 1. The number of rotatable bonds is 5. The number of hydrogen-bond donors (Lipinski definition) is 1. The summed E-state index contributed by atoms with van der Waals surface area (Å²) in [5.41, 5.74) is 0.985. The first-order chi connectivity index (χ1) is 9.56. The van der Waals surface area contributed by atoms with Crippen LogP contribution in [0.5, 0.6) is 5.75 Å². The molecule has 0 saturated carbocycles. The lowest BCUT2D eigenvalue weighted by Crippen LogP contribution is -2.35. The average Bonchev–Trinajstić information content (AvgIpc) is 2.93. The first kappa shape index (κ1) is 14.7. The van der Waals surface area contributed by atoms with Crippen LogP contribution in [0.3, 0.4) is 0 Å². The van der Waals surface area contributed by atoms with Gasteiger partial charge < -0.3 is 14.5 Å². The molecule has 2 rings (SSSR count). The summed E-state index contributed by atoms with van der Waals surface area (Å²) >= 11 is 3.39. The Hall–Kier alpha value is -1.75. The van der Waals surface area contributed by atoms with E-state index in [4.69, 9.17) is 9.15 Å². The molecular weight excluding hydrogens is 322 g/mol. The van der Waals surface area contributed by atoms with Crippen molar-refractivity contribution < 1.29 is 13.9 Å². The smallest absolute Gasteiger partial charge is 0.261 e. The van der Waals surface area contributed by atoms with Crippen LogP contribution in [0.2, 0.25) is 0 Å². The van der Waals surface area contributed by atoms with Gasteiger partial charge in [-0.15, -0.1) is 0 Å². The van der Waals surface area contributed by atoms with E-state index < -0.39 is 6.10 Å². The zero-order valence-corrected chi connectivity index (χ0v) is 12.9. The van der Waals surface area contributed by atoms with Crippen molar-refractivity contribution >= 4 is 21.8 Å². The summed E-state index contributed by atoms with van der Waals surface area (Å²) in [6.45, 7) is 4.02. The quantitative estimate of drug-likeness (QED) is 0.909. The summed E-state index contributed by atoms with van der Waals surface area (Å²) in [5.74, 6) is 1.23. The average molecular weight is 338 g/mol. The number of amides is 1. The number of ether oxygens (including phenoxy) is 1. The second-order valence-corrected chi connectivity index (χ2v) is 5.38. The second kappa shape index (κ2) is 6.61. The summed E-state index contributed by atoms with van der Waals surface area (Å²) in [6.07, 6.45) is 1.00. The van der Waals surface area contributed by atoms with Gasteiger partial charge in [0, 0.05) is 4.47 Å². The summed E-state index contributed by atoms with van der Waals surface area (Å²) in [6, 6.07) is 9.32. The van der Waals surface area contributed by atoms with Crippen LogP contribution in [0, 0.1) is 6.92 Å². The molecule has 0 fully saturated rings. The summed E-state index contributed by atoms with van der Waals surface area (Å²) in [5, 5.41) is 2.77.